The first-order valence-corrected chi connectivity index (χ1v) is 6.01. The van der Waals surface area contributed by atoms with E-state index in [1.165, 1.54) is 36.8 Å². The van der Waals surface area contributed by atoms with Gasteiger partial charge in [0.25, 0.3) is 5.91 Å². The van der Waals surface area contributed by atoms with E-state index in [1.807, 2.05) is 0 Å². The number of rotatable bonds is 4. The van der Waals surface area contributed by atoms with Gasteiger partial charge >= 0.3 is 5.97 Å². The van der Waals surface area contributed by atoms with Gasteiger partial charge in [0.1, 0.15) is 0 Å². The molecule has 0 bridgehead atoms. The highest BCUT2D eigenvalue weighted by molar-refractivity contribution is 6.33. The van der Waals surface area contributed by atoms with Gasteiger partial charge in [0.2, 0.25) is 0 Å². The second kappa shape index (κ2) is 6.12. The monoisotopic (exact) mass is 291 g/mol. The first kappa shape index (κ1) is 14.0. The van der Waals surface area contributed by atoms with Crippen molar-refractivity contribution in [1.29, 1.82) is 0 Å². The summed E-state index contributed by atoms with van der Waals surface area (Å²) in [6, 6.07) is 4.28. The van der Waals surface area contributed by atoms with E-state index in [9.17, 15) is 9.59 Å². The zero-order valence-corrected chi connectivity index (χ0v) is 11.0. The van der Waals surface area contributed by atoms with Crippen molar-refractivity contribution in [3.8, 4) is 0 Å². The minimum Gasteiger partial charge on any atom is -0.478 e. The summed E-state index contributed by atoms with van der Waals surface area (Å²) in [7, 11) is 0. The number of carboxylic acid groups (broad SMARTS) is 1. The lowest BCUT2D eigenvalue weighted by molar-refractivity contribution is 0.0696. The number of carboxylic acids is 1. The quantitative estimate of drug-likeness (QED) is 0.895. The molecule has 0 aliphatic carbocycles. The average molecular weight is 292 g/mol. The number of aromatic carboxylic acids is 1. The summed E-state index contributed by atoms with van der Waals surface area (Å²) in [6.07, 6.45) is 4.22. The van der Waals surface area contributed by atoms with Crippen LogP contribution in [0.15, 0.2) is 36.8 Å². The van der Waals surface area contributed by atoms with Crippen molar-refractivity contribution < 1.29 is 14.7 Å². The number of hydrogen-bond donors (Lipinski definition) is 2. The van der Waals surface area contributed by atoms with Crippen molar-refractivity contribution in [1.82, 2.24) is 15.3 Å². The van der Waals surface area contributed by atoms with Crippen LogP contribution in [0, 0.1) is 0 Å². The number of hydrogen-bond acceptors (Lipinski definition) is 4. The van der Waals surface area contributed by atoms with Crippen LogP contribution in [0.4, 0.5) is 0 Å². The highest BCUT2D eigenvalue weighted by Gasteiger charge is 2.10. The third-order valence-corrected chi connectivity index (χ3v) is 2.81. The number of nitrogens with one attached hydrogen (secondary N) is 1. The van der Waals surface area contributed by atoms with Crippen molar-refractivity contribution in [3.05, 3.63) is 58.6 Å². The van der Waals surface area contributed by atoms with Gasteiger partial charge in [-0.2, -0.15) is 0 Å². The van der Waals surface area contributed by atoms with Crippen LogP contribution in [-0.2, 0) is 6.54 Å². The normalized spacial score (nSPS) is 10.1. The Kier molecular flexibility index (Phi) is 4.27. The summed E-state index contributed by atoms with van der Waals surface area (Å²) < 4.78 is 0. The van der Waals surface area contributed by atoms with E-state index in [1.54, 1.807) is 0 Å². The third kappa shape index (κ3) is 3.30. The highest BCUT2D eigenvalue weighted by Crippen LogP contribution is 2.13. The lowest BCUT2D eigenvalue weighted by Gasteiger charge is -2.06. The van der Waals surface area contributed by atoms with Gasteiger partial charge in [-0.1, -0.05) is 11.6 Å². The molecule has 102 valence electrons. The zero-order chi connectivity index (χ0) is 14.5. The lowest BCUT2D eigenvalue weighted by atomic mass is 10.2. The number of halogens is 1. The van der Waals surface area contributed by atoms with Gasteiger partial charge in [0, 0.05) is 18.6 Å². The smallest absolute Gasteiger partial charge is 0.335 e. The van der Waals surface area contributed by atoms with Crippen molar-refractivity contribution >= 4 is 23.5 Å². The molecule has 0 saturated carbocycles. The molecule has 0 spiro atoms. The third-order valence-electron chi connectivity index (χ3n) is 2.51. The summed E-state index contributed by atoms with van der Waals surface area (Å²) in [5.74, 6) is -1.42. The van der Waals surface area contributed by atoms with Gasteiger partial charge < -0.3 is 10.4 Å². The van der Waals surface area contributed by atoms with Gasteiger partial charge in [-0.25, -0.2) is 4.79 Å². The molecule has 6 nitrogen and oxygen atoms in total. The lowest BCUT2D eigenvalue weighted by Crippen LogP contribution is -2.23. The summed E-state index contributed by atoms with van der Waals surface area (Å²) >= 11 is 5.85. The Labute approximate surface area is 119 Å². The molecule has 0 saturated heterocycles. The Morgan fingerprint density at radius 3 is 2.80 bits per heavy atom. The maximum Gasteiger partial charge on any atom is 0.335 e. The summed E-state index contributed by atoms with van der Waals surface area (Å²) in [4.78, 5) is 30.5. The van der Waals surface area contributed by atoms with E-state index in [2.05, 4.69) is 15.3 Å². The van der Waals surface area contributed by atoms with Gasteiger partial charge in [-0.05, 0) is 18.2 Å². The van der Waals surface area contributed by atoms with Crippen LogP contribution in [0.2, 0.25) is 5.02 Å². The van der Waals surface area contributed by atoms with Crippen LogP contribution in [0.3, 0.4) is 0 Å². The van der Waals surface area contributed by atoms with Gasteiger partial charge in [-0.3, -0.25) is 14.8 Å². The molecule has 0 radical (unpaired) electrons. The Hall–Kier alpha value is -2.47. The zero-order valence-electron chi connectivity index (χ0n) is 10.2. The molecule has 2 rings (SSSR count). The van der Waals surface area contributed by atoms with E-state index in [0.29, 0.717) is 11.3 Å². The molecule has 2 heterocycles. The van der Waals surface area contributed by atoms with Crippen LogP contribution >= 0.6 is 11.6 Å². The second-order valence-corrected chi connectivity index (χ2v) is 4.29. The van der Waals surface area contributed by atoms with Crippen LogP contribution in [0.1, 0.15) is 26.4 Å². The molecule has 0 unspecified atom stereocenters. The number of nitrogens with zero attached hydrogens (tertiary/aromatic N) is 2. The highest BCUT2D eigenvalue weighted by atomic mass is 35.5. The number of amides is 1. The molecule has 7 heteroatoms. The number of aromatic nitrogens is 2. The number of carbonyl (C=O) groups excluding carboxylic acids is 1. The Bertz CT molecular complexity index is 661. The Morgan fingerprint density at radius 1 is 1.30 bits per heavy atom. The van der Waals surface area contributed by atoms with E-state index < -0.39 is 5.97 Å². The molecular formula is C13H10ClN3O3. The molecule has 0 aliphatic rings. The fourth-order valence-electron chi connectivity index (χ4n) is 1.53. The van der Waals surface area contributed by atoms with Crippen LogP contribution in [0.25, 0.3) is 0 Å². The molecule has 2 aromatic heterocycles. The van der Waals surface area contributed by atoms with Crippen LogP contribution in [0.5, 0.6) is 0 Å². The Morgan fingerprint density at radius 2 is 2.10 bits per heavy atom. The maximum atomic E-state index is 11.9. The number of pyridine rings is 2. The van der Waals surface area contributed by atoms with E-state index >= 15 is 0 Å². The topological polar surface area (TPSA) is 92.2 Å². The standard InChI is InChI=1S/C13H10ClN3O3/c14-11-7-15-3-2-10(11)12(18)17-6-9-5-8(13(19)20)1-4-16-9/h1-5,7H,6H2,(H,17,18)(H,19,20). The first-order valence-electron chi connectivity index (χ1n) is 5.64. The number of carbonyl (C=O) groups is 2. The van der Waals surface area contributed by atoms with Crippen LogP contribution in [-0.4, -0.2) is 27.0 Å². The fraction of sp³-hybridized carbons (Fsp3) is 0.0769. The SMILES string of the molecule is O=C(O)c1ccnc(CNC(=O)c2ccncc2Cl)c1. The summed E-state index contributed by atoms with van der Waals surface area (Å²) in [5.41, 5.74) is 0.866. The summed E-state index contributed by atoms with van der Waals surface area (Å²) in [6.45, 7) is 0.110. The van der Waals surface area contributed by atoms with Crippen LogP contribution < -0.4 is 5.32 Å². The molecule has 0 aliphatic heterocycles. The van der Waals surface area contributed by atoms with E-state index in [-0.39, 0.29) is 23.0 Å². The first-order chi connectivity index (χ1) is 9.58. The average Bonchev–Trinajstić information content (AvgIpc) is 2.45. The van der Waals surface area contributed by atoms with Gasteiger partial charge in [0.15, 0.2) is 0 Å². The van der Waals surface area contributed by atoms with Crippen molar-refractivity contribution in [2.24, 2.45) is 0 Å². The molecule has 0 fully saturated rings. The molecule has 0 atom stereocenters. The second-order valence-electron chi connectivity index (χ2n) is 3.88. The minimum atomic E-state index is -1.04. The van der Waals surface area contributed by atoms with E-state index in [4.69, 9.17) is 16.7 Å². The molecule has 2 N–H and O–H groups in total. The fourth-order valence-corrected chi connectivity index (χ4v) is 1.74. The molecule has 1 amide bonds. The minimum absolute atomic E-state index is 0.110. The van der Waals surface area contributed by atoms with Gasteiger partial charge in [-0.15, -0.1) is 0 Å². The van der Waals surface area contributed by atoms with E-state index in [0.717, 1.165) is 0 Å². The Balaban J connectivity index is 2.06. The molecule has 20 heavy (non-hydrogen) atoms. The van der Waals surface area contributed by atoms with Crippen molar-refractivity contribution in [2.75, 3.05) is 0 Å². The maximum absolute atomic E-state index is 11.9. The molecule has 0 aromatic carbocycles. The largest absolute Gasteiger partial charge is 0.478 e. The van der Waals surface area contributed by atoms with Gasteiger partial charge in [0.05, 0.1) is 28.4 Å². The molecule has 2 aromatic rings. The van der Waals surface area contributed by atoms with Crippen molar-refractivity contribution in [2.45, 2.75) is 6.54 Å². The summed E-state index contributed by atoms with van der Waals surface area (Å²) in [5, 5.41) is 11.7. The molecular weight excluding hydrogens is 282 g/mol. The predicted molar refractivity (Wildman–Crippen MR) is 71.6 cm³/mol. The van der Waals surface area contributed by atoms with Crippen molar-refractivity contribution in [3.63, 3.8) is 0 Å². The predicted octanol–water partition coefficient (Wildman–Crippen LogP) is 1.76.